The van der Waals surface area contributed by atoms with Crippen molar-refractivity contribution in [2.24, 2.45) is 13.0 Å². The van der Waals surface area contributed by atoms with Gasteiger partial charge < -0.3 is 9.64 Å². The first-order chi connectivity index (χ1) is 13.1. The van der Waals surface area contributed by atoms with E-state index in [1.165, 1.54) is 0 Å². The molecule has 2 aliphatic rings. The van der Waals surface area contributed by atoms with E-state index < -0.39 is 0 Å². The number of anilines is 1. The molecular weight excluding hydrogens is 364 g/mol. The molecule has 1 fully saturated rings. The zero-order valence-corrected chi connectivity index (χ0v) is 15.8. The van der Waals surface area contributed by atoms with Crippen LogP contribution in [-0.4, -0.2) is 45.7 Å². The molecule has 0 bridgehead atoms. The molecule has 0 N–H and O–H groups in total. The molecule has 1 saturated heterocycles. The number of halogens is 1. The minimum Gasteiger partial charge on any atom is -0.374 e. The maximum atomic E-state index is 12.5. The maximum Gasteiger partial charge on any atom is 0.255 e. The highest BCUT2D eigenvalue weighted by Crippen LogP contribution is 2.28. The Morgan fingerprint density at radius 3 is 2.78 bits per heavy atom. The van der Waals surface area contributed by atoms with Crippen molar-refractivity contribution in [2.45, 2.75) is 11.5 Å². The summed E-state index contributed by atoms with van der Waals surface area (Å²) in [6, 6.07) is 5.26. The second kappa shape index (κ2) is 7.66. The van der Waals surface area contributed by atoms with Gasteiger partial charge in [0, 0.05) is 50.1 Å². The van der Waals surface area contributed by atoms with Crippen LogP contribution in [0.4, 0.5) is 5.95 Å². The summed E-state index contributed by atoms with van der Waals surface area (Å²) < 4.78 is 7.58. The largest absolute Gasteiger partial charge is 0.374 e. The second-order valence-electron chi connectivity index (χ2n) is 6.72. The molecule has 2 aromatic rings. The van der Waals surface area contributed by atoms with Crippen LogP contribution in [0.3, 0.4) is 0 Å². The average molecular weight is 385 g/mol. The Labute approximate surface area is 162 Å². The van der Waals surface area contributed by atoms with E-state index in [9.17, 15) is 4.79 Å². The molecule has 0 saturated carbocycles. The van der Waals surface area contributed by atoms with Gasteiger partial charge >= 0.3 is 0 Å². The van der Waals surface area contributed by atoms with Gasteiger partial charge in [0.05, 0.1) is 23.8 Å². The monoisotopic (exact) mass is 384 g/mol. The Hall–Kier alpha value is -2.44. The lowest BCUT2D eigenvalue weighted by atomic mass is 9.93. The van der Waals surface area contributed by atoms with Gasteiger partial charge in [0.25, 0.3) is 5.56 Å². The van der Waals surface area contributed by atoms with Crippen LogP contribution < -0.4 is 10.5 Å². The Bertz CT molecular complexity index is 925. The third kappa shape index (κ3) is 3.68. The molecule has 27 heavy (non-hydrogen) atoms. The van der Waals surface area contributed by atoms with Crippen LogP contribution in [0.2, 0.25) is 0 Å². The number of ether oxygens (including phenoxy) is 1. The summed E-state index contributed by atoms with van der Waals surface area (Å²) >= 11 is 6.46. The normalized spacial score (nSPS) is 25.0. The summed E-state index contributed by atoms with van der Waals surface area (Å²) in [5, 5.41) is -0.0973. The van der Waals surface area contributed by atoms with E-state index in [2.05, 4.69) is 16.0 Å². The van der Waals surface area contributed by atoms with Crippen molar-refractivity contribution in [1.82, 2.24) is 14.5 Å². The average Bonchev–Trinajstić information content (AvgIpc) is 2.71. The van der Waals surface area contributed by atoms with Crippen LogP contribution in [0, 0.1) is 5.92 Å². The highest BCUT2D eigenvalue weighted by molar-refractivity contribution is 6.22. The van der Waals surface area contributed by atoms with Gasteiger partial charge in [0.15, 0.2) is 0 Å². The van der Waals surface area contributed by atoms with Crippen molar-refractivity contribution in [1.29, 1.82) is 0 Å². The zero-order valence-electron chi connectivity index (χ0n) is 15.0. The van der Waals surface area contributed by atoms with Crippen molar-refractivity contribution < 1.29 is 4.74 Å². The van der Waals surface area contributed by atoms with E-state index in [4.69, 9.17) is 21.3 Å². The number of aromatic nitrogens is 3. The van der Waals surface area contributed by atoms with Gasteiger partial charge in [-0.15, -0.1) is 11.6 Å². The van der Waals surface area contributed by atoms with E-state index in [-0.39, 0.29) is 23.0 Å². The topological polar surface area (TPSA) is 60.2 Å². The van der Waals surface area contributed by atoms with Crippen LogP contribution in [0.25, 0.3) is 11.3 Å². The smallest absolute Gasteiger partial charge is 0.255 e. The molecule has 2 unspecified atom stereocenters. The van der Waals surface area contributed by atoms with Gasteiger partial charge in [-0.2, -0.15) is 0 Å². The standard InChI is InChI=1S/C20H21ClN4O2/c1-24-19(26)12-17(14-6-8-22-9-7-14)23-20(24)25-10-11-27-18(13-25)15-4-2-3-5-16(15)21/h2-9,12,15-16,18H,10-11,13H2,1H3/t15?,16?,18-/m0/s1. The van der Waals surface area contributed by atoms with E-state index in [1.54, 1.807) is 30.1 Å². The van der Waals surface area contributed by atoms with Crippen molar-refractivity contribution in [3.05, 3.63) is 65.3 Å². The molecule has 4 rings (SSSR count). The van der Waals surface area contributed by atoms with Gasteiger partial charge in [-0.25, -0.2) is 4.98 Å². The molecule has 1 aliphatic carbocycles. The van der Waals surface area contributed by atoms with Crippen LogP contribution >= 0.6 is 11.6 Å². The lowest BCUT2D eigenvalue weighted by Crippen LogP contribution is -2.49. The lowest BCUT2D eigenvalue weighted by Gasteiger charge is -2.38. The van der Waals surface area contributed by atoms with Crippen LogP contribution in [0.5, 0.6) is 0 Å². The van der Waals surface area contributed by atoms with Crippen LogP contribution in [0.15, 0.2) is 59.7 Å². The maximum absolute atomic E-state index is 12.5. The van der Waals surface area contributed by atoms with Gasteiger partial charge in [-0.05, 0) is 12.1 Å². The molecular formula is C20H21ClN4O2. The molecule has 140 valence electrons. The molecule has 0 aromatic carbocycles. The van der Waals surface area contributed by atoms with Crippen LogP contribution in [-0.2, 0) is 11.8 Å². The molecule has 3 heterocycles. The van der Waals surface area contributed by atoms with E-state index in [0.717, 1.165) is 5.56 Å². The Kier molecular flexibility index (Phi) is 5.09. The summed E-state index contributed by atoms with van der Waals surface area (Å²) in [6.45, 7) is 1.87. The van der Waals surface area contributed by atoms with E-state index >= 15 is 0 Å². The number of alkyl halides is 1. The second-order valence-corrected chi connectivity index (χ2v) is 7.23. The molecule has 6 nitrogen and oxygen atoms in total. The van der Waals surface area contributed by atoms with Crippen molar-refractivity contribution >= 4 is 17.5 Å². The number of allylic oxidation sites excluding steroid dienone is 3. The molecule has 3 atom stereocenters. The van der Waals surface area contributed by atoms with Crippen molar-refractivity contribution in [3.8, 4) is 11.3 Å². The first kappa shape index (κ1) is 17.9. The van der Waals surface area contributed by atoms with Gasteiger partial charge in [0.2, 0.25) is 5.95 Å². The first-order valence-corrected chi connectivity index (χ1v) is 9.41. The van der Waals surface area contributed by atoms with Crippen LogP contribution in [0.1, 0.15) is 0 Å². The molecule has 1 aliphatic heterocycles. The first-order valence-electron chi connectivity index (χ1n) is 8.97. The van der Waals surface area contributed by atoms with Gasteiger partial charge in [-0.1, -0.05) is 24.3 Å². The van der Waals surface area contributed by atoms with E-state index in [0.29, 0.717) is 31.3 Å². The Morgan fingerprint density at radius 1 is 1.22 bits per heavy atom. The molecule has 7 heteroatoms. The quantitative estimate of drug-likeness (QED) is 0.760. The Balaban J connectivity index is 1.64. The fraction of sp³-hybridized carbons (Fsp3) is 0.350. The Morgan fingerprint density at radius 2 is 2.00 bits per heavy atom. The number of hydrogen-bond donors (Lipinski definition) is 0. The van der Waals surface area contributed by atoms with Crippen molar-refractivity contribution in [3.63, 3.8) is 0 Å². The SMILES string of the molecule is Cn1c(N2CCO[C@H](C3C=CC=CC3Cl)C2)nc(-c2ccncc2)cc1=O. The molecule has 0 amide bonds. The fourth-order valence-corrected chi connectivity index (χ4v) is 3.83. The summed E-state index contributed by atoms with van der Waals surface area (Å²) in [7, 11) is 1.75. The number of rotatable bonds is 3. The summed E-state index contributed by atoms with van der Waals surface area (Å²) in [5.41, 5.74) is 1.43. The number of pyridine rings is 1. The zero-order chi connectivity index (χ0) is 18.8. The summed E-state index contributed by atoms with van der Waals surface area (Å²) in [6.07, 6.45) is 11.4. The number of nitrogens with zero attached hydrogens (tertiary/aromatic N) is 4. The minimum atomic E-state index is -0.0973. The predicted molar refractivity (Wildman–Crippen MR) is 106 cm³/mol. The highest BCUT2D eigenvalue weighted by Gasteiger charge is 2.32. The molecule has 2 aromatic heterocycles. The summed E-state index contributed by atoms with van der Waals surface area (Å²) in [5.74, 6) is 0.740. The number of morpholine rings is 1. The fourth-order valence-electron chi connectivity index (χ4n) is 3.50. The third-order valence-electron chi connectivity index (χ3n) is 5.00. The number of hydrogen-bond acceptors (Lipinski definition) is 5. The van der Waals surface area contributed by atoms with Crippen molar-refractivity contribution in [2.75, 3.05) is 24.6 Å². The summed E-state index contributed by atoms with van der Waals surface area (Å²) in [4.78, 5) is 23.4. The van der Waals surface area contributed by atoms with Gasteiger partial charge in [0.1, 0.15) is 0 Å². The lowest BCUT2D eigenvalue weighted by molar-refractivity contribution is 0.0147. The predicted octanol–water partition coefficient (Wildman–Crippen LogP) is 2.40. The highest BCUT2D eigenvalue weighted by atomic mass is 35.5. The van der Waals surface area contributed by atoms with Gasteiger partial charge in [-0.3, -0.25) is 14.3 Å². The minimum absolute atomic E-state index is 0.0519. The van der Waals surface area contributed by atoms with E-state index in [1.807, 2.05) is 30.4 Å². The molecule has 0 radical (unpaired) electrons. The third-order valence-corrected chi connectivity index (χ3v) is 5.44. The molecule has 0 spiro atoms.